The van der Waals surface area contributed by atoms with E-state index in [1.54, 1.807) is 16.8 Å². The van der Waals surface area contributed by atoms with E-state index in [9.17, 15) is 9.59 Å². The summed E-state index contributed by atoms with van der Waals surface area (Å²) in [7, 11) is 4.50. The second-order valence-electron chi connectivity index (χ2n) is 7.58. The van der Waals surface area contributed by atoms with E-state index in [1.807, 2.05) is 31.2 Å². The summed E-state index contributed by atoms with van der Waals surface area (Å²) in [6, 6.07) is 11.1. The van der Waals surface area contributed by atoms with Crippen molar-refractivity contribution in [1.29, 1.82) is 0 Å². The lowest BCUT2D eigenvalue weighted by molar-refractivity contribution is -0.116. The molecule has 34 heavy (non-hydrogen) atoms. The third kappa shape index (κ3) is 4.42. The number of ether oxygens (including phenoxy) is 3. The predicted octanol–water partition coefficient (Wildman–Crippen LogP) is 2.95. The predicted molar refractivity (Wildman–Crippen MR) is 127 cm³/mol. The van der Waals surface area contributed by atoms with Crippen LogP contribution in [0.2, 0.25) is 0 Å². The molecule has 0 saturated carbocycles. The number of methoxy groups -OCH3 is 3. The molecule has 0 saturated heterocycles. The Kier molecular flexibility index (Phi) is 6.48. The van der Waals surface area contributed by atoms with Gasteiger partial charge in [-0.15, -0.1) is 0 Å². The highest BCUT2D eigenvalue weighted by Gasteiger charge is 2.16. The van der Waals surface area contributed by atoms with Crippen molar-refractivity contribution < 1.29 is 19.0 Å². The van der Waals surface area contributed by atoms with E-state index in [0.717, 1.165) is 11.3 Å². The number of fused-ring (bicyclic) bond motifs is 1. The first kappa shape index (κ1) is 22.8. The van der Waals surface area contributed by atoms with Gasteiger partial charge in [0.05, 0.1) is 39.5 Å². The van der Waals surface area contributed by atoms with E-state index in [-0.39, 0.29) is 24.4 Å². The Morgan fingerprint density at radius 3 is 2.32 bits per heavy atom. The summed E-state index contributed by atoms with van der Waals surface area (Å²) in [4.78, 5) is 29.9. The molecule has 4 rings (SSSR count). The van der Waals surface area contributed by atoms with Crippen LogP contribution in [0.3, 0.4) is 0 Å². The largest absolute Gasteiger partial charge is 0.493 e. The van der Waals surface area contributed by atoms with Crippen LogP contribution < -0.4 is 25.1 Å². The van der Waals surface area contributed by atoms with Crippen LogP contribution >= 0.6 is 0 Å². The molecule has 0 bridgehead atoms. The maximum Gasteiger partial charge on any atom is 0.264 e. The van der Waals surface area contributed by atoms with Crippen molar-refractivity contribution in [1.82, 2.24) is 19.3 Å². The number of aromatic nitrogens is 4. The molecule has 10 heteroatoms. The van der Waals surface area contributed by atoms with Gasteiger partial charge in [0, 0.05) is 30.8 Å². The fourth-order valence-corrected chi connectivity index (χ4v) is 3.58. The number of rotatable bonds is 8. The topological polar surface area (TPSA) is 110 Å². The fourth-order valence-electron chi connectivity index (χ4n) is 3.58. The molecule has 2 aromatic carbocycles. The number of anilines is 1. The molecule has 0 atom stereocenters. The van der Waals surface area contributed by atoms with Gasteiger partial charge >= 0.3 is 0 Å². The molecule has 0 radical (unpaired) electrons. The Morgan fingerprint density at radius 2 is 1.71 bits per heavy atom. The first-order valence-electron chi connectivity index (χ1n) is 10.5. The lowest BCUT2D eigenvalue weighted by atomic mass is 10.2. The van der Waals surface area contributed by atoms with Gasteiger partial charge in [-0.05, 0) is 19.1 Å². The highest BCUT2D eigenvalue weighted by Crippen LogP contribution is 2.39. The number of carbonyl (C=O) groups is 1. The van der Waals surface area contributed by atoms with Gasteiger partial charge in [0.25, 0.3) is 5.56 Å². The third-order valence-corrected chi connectivity index (χ3v) is 5.36. The zero-order valence-electron chi connectivity index (χ0n) is 19.4. The van der Waals surface area contributed by atoms with Crippen LogP contribution in [0.1, 0.15) is 12.0 Å². The van der Waals surface area contributed by atoms with Crippen LogP contribution in [0.5, 0.6) is 17.2 Å². The van der Waals surface area contributed by atoms with E-state index in [1.165, 1.54) is 38.4 Å². The van der Waals surface area contributed by atoms with Crippen LogP contribution in [0.4, 0.5) is 5.69 Å². The van der Waals surface area contributed by atoms with Gasteiger partial charge in [-0.25, -0.2) is 9.67 Å². The summed E-state index contributed by atoms with van der Waals surface area (Å²) in [5.41, 5.74) is 2.63. The van der Waals surface area contributed by atoms with Crippen LogP contribution in [-0.4, -0.2) is 46.6 Å². The molecule has 1 N–H and O–H groups in total. The molecule has 0 aliphatic carbocycles. The smallest absolute Gasteiger partial charge is 0.264 e. The van der Waals surface area contributed by atoms with Gasteiger partial charge in [-0.1, -0.05) is 17.7 Å². The highest BCUT2D eigenvalue weighted by molar-refractivity contribution is 5.91. The second kappa shape index (κ2) is 9.65. The Balaban J connectivity index is 1.49. The Hall–Kier alpha value is -4.34. The van der Waals surface area contributed by atoms with E-state index in [2.05, 4.69) is 15.4 Å². The summed E-state index contributed by atoms with van der Waals surface area (Å²) in [6.07, 6.45) is 3.00. The first-order chi connectivity index (χ1) is 16.4. The van der Waals surface area contributed by atoms with Gasteiger partial charge in [-0.2, -0.15) is 5.10 Å². The summed E-state index contributed by atoms with van der Waals surface area (Å²) in [5.74, 6) is 0.999. The molecule has 0 aliphatic heterocycles. The minimum atomic E-state index is -0.281. The molecular formula is C24H25N5O5. The molecule has 4 aromatic rings. The Morgan fingerprint density at radius 1 is 1.03 bits per heavy atom. The molecule has 176 valence electrons. The number of nitrogens with one attached hydrogen (secondary N) is 1. The van der Waals surface area contributed by atoms with Crippen molar-refractivity contribution in [3.63, 3.8) is 0 Å². The van der Waals surface area contributed by atoms with Crippen LogP contribution in [0, 0.1) is 6.92 Å². The summed E-state index contributed by atoms with van der Waals surface area (Å²) in [6.45, 7) is 2.16. The number of amides is 1. The summed E-state index contributed by atoms with van der Waals surface area (Å²) in [5, 5.41) is 7.50. The van der Waals surface area contributed by atoms with Gasteiger partial charge in [0.1, 0.15) is 5.39 Å². The lowest BCUT2D eigenvalue weighted by Crippen LogP contribution is -2.23. The van der Waals surface area contributed by atoms with Gasteiger partial charge in [-0.3, -0.25) is 14.2 Å². The van der Waals surface area contributed by atoms with Crippen molar-refractivity contribution in [2.75, 3.05) is 26.6 Å². The molecule has 10 nitrogen and oxygen atoms in total. The highest BCUT2D eigenvalue weighted by atomic mass is 16.5. The van der Waals surface area contributed by atoms with Gasteiger partial charge in [0.15, 0.2) is 17.1 Å². The zero-order valence-corrected chi connectivity index (χ0v) is 19.4. The minimum absolute atomic E-state index is 0.0653. The van der Waals surface area contributed by atoms with Crippen molar-refractivity contribution in [3.8, 4) is 22.9 Å². The lowest BCUT2D eigenvalue weighted by Gasteiger charge is -2.14. The van der Waals surface area contributed by atoms with Crippen LogP contribution in [-0.2, 0) is 11.3 Å². The molecule has 0 fully saturated rings. The molecule has 2 heterocycles. The quantitative estimate of drug-likeness (QED) is 0.428. The Bertz CT molecular complexity index is 1370. The van der Waals surface area contributed by atoms with E-state index in [4.69, 9.17) is 14.2 Å². The standard InChI is InChI=1S/C24H25N5O5/c1-15-5-7-17(8-6-15)29-23-18(13-26-29)24(31)28(14-25-23)10-9-21(30)27-16-11-19(32-2)22(34-4)20(12-16)33-3/h5-8,11-14H,9-10H2,1-4H3,(H,27,30). The van der Waals surface area contributed by atoms with E-state index in [0.29, 0.717) is 34.0 Å². The molecule has 0 spiro atoms. The number of carbonyl (C=O) groups excluding carboxylic acids is 1. The summed E-state index contributed by atoms with van der Waals surface area (Å²) < 4.78 is 18.9. The molecule has 0 aliphatic rings. The number of benzene rings is 2. The normalized spacial score (nSPS) is 10.8. The number of hydrogen-bond donors (Lipinski definition) is 1. The molecular weight excluding hydrogens is 438 g/mol. The van der Waals surface area contributed by atoms with Crippen molar-refractivity contribution in [3.05, 3.63) is 64.8 Å². The van der Waals surface area contributed by atoms with Crippen LogP contribution in [0.15, 0.2) is 53.7 Å². The first-order valence-corrected chi connectivity index (χ1v) is 10.5. The maximum absolute atomic E-state index is 12.9. The SMILES string of the molecule is COc1cc(NC(=O)CCn2cnc3c(cnn3-c3ccc(C)cc3)c2=O)cc(OC)c1OC. The van der Waals surface area contributed by atoms with Crippen molar-refractivity contribution in [2.24, 2.45) is 0 Å². The molecule has 0 unspecified atom stereocenters. The third-order valence-electron chi connectivity index (χ3n) is 5.36. The number of nitrogens with zero attached hydrogens (tertiary/aromatic N) is 4. The van der Waals surface area contributed by atoms with E-state index >= 15 is 0 Å². The second-order valence-corrected chi connectivity index (χ2v) is 7.58. The average molecular weight is 463 g/mol. The van der Waals surface area contributed by atoms with Crippen LogP contribution in [0.25, 0.3) is 16.7 Å². The van der Waals surface area contributed by atoms with Crippen molar-refractivity contribution in [2.45, 2.75) is 19.9 Å². The Labute approximate surface area is 195 Å². The summed E-state index contributed by atoms with van der Waals surface area (Å²) >= 11 is 0. The monoisotopic (exact) mass is 463 g/mol. The average Bonchev–Trinajstić information content (AvgIpc) is 3.28. The van der Waals surface area contributed by atoms with E-state index < -0.39 is 0 Å². The van der Waals surface area contributed by atoms with Gasteiger partial charge < -0.3 is 19.5 Å². The fraction of sp³-hybridized carbons (Fsp3) is 0.250. The number of aryl methyl sites for hydroxylation is 2. The minimum Gasteiger partial charge on any atom is -0.493 e. The number of hydrogen-bond acceptors (Lipinski definition) is 7. The molecule has 2 aromatic heterocycles. The van der Waals surface area contributed by atoms with Crippen molar-refractivity contribution >= 4 is 22.6 Å². The maximum atomic E-state index is 12.9. The zero-order chi connectivity index (χ0) is 24.2. The van der Waals surface area contributed by atoms with Gasteiger partial charge in [0.2, 0.25) is 11.7 Å². The molecule has 1 amide bonds.